The summed E-state index contributed by atoms with van der Waals surface area (Å²) < 4.78 is 0. The Morgan fingerprint density at radius 2 is 2.04 bits per heavy atom. The van der Waals surface area contributed by atoms with Gasteiger partial charge in [0.05, 0.1) is 17.2 Å². The van der Waals surface area contributed by atoms with Crippen LogP contribution in [0.5, 0.6) is 0 Å². The highest BCUT2D eigenvalue weighted by atomic mass is 35.5. The molecular formula is C16H12ClN3O3. The average Bonchev–Trinajstić information content (AvgIpc) is 2.73. The minimum absolute atomic E-state index is 0.0464. The fourth-order valence-corrected chi connectivity index (χ4v) is 2.67. The van der Waals surface area contributed by atoms with Crippen LogP contribution in [0.25, 0.3) is 0 Å². The normalized spacial score (nSPS) is 16.6. The summed E-state index contributed by atoms with van der Waals surface area (Å²) in [5.74, 6) is 0. The van der Waals surface area contributed by atoms with E-state index in [1.165, 1.54) is 12.1 Å². The Balaban J connectivity index is 2.21. The van der Waals surface area contributed by atoms with Crippen molar-refractivity contribution < 1.29 is 9.72 Å². The lowest BCUT2D eigenvalue weighted by Crippen LogP contribution is -2.23. The molecule has 2 aromatic carbocycles. The molecule has 0 aromatic heterocycles. The summed E-state index contributed by atoms with van der Waals surface area (Å²) in [4.78, 5) is 26.2. The molecule has 0 saturated heterocycles. The van der Waals surface area contributed by atoms with Gasteiger partial charge >= 0.3 is 0 Å². The molecule has 0 bridgehead atoms. The van der Waals surface area contributed by atoms with Crippen LogP contribution in [0.2, 0.25) is 5.02 Å². The second-order valence-corrected chi connectivity index (χ2v) is 5.45. The van der Waals surface area contributed by atoms with E-state index in [0.717, 1.165) is 6.29 Å². The van der Waals surface area contributed by atoms with Crippen LogP contribution >= 0.6 is 11.6 Å². The molecule has 0 fully saturated rings. The second-order valence-electron chi connectivity index (χ2n) is 5.04. The van der Waals surface area contributed by atoms with Crippen LogP contribution in [0.15, 0.2) is 47.5 Å². The molecule has 1 unspecified atom stereocenters. The summed E-state index contributed by atoms with van der Waals surface area (Å²) in [6.07, 6.45) is 0.768. The third kappa shape index (κ3) is 2.93. The number of nitro benzene ring substituents is 1. The summed E-state index contributed by atoms with van der Waals surface area (Å²) in [6.45, 7) is 0.229. The van der Waals surface area contributed by atoms with Crippen LogP contribution in [-0.4, -0.2) is 29.5 Å². The second kappa shape index (κ2) is 6.18. The van der Waals surface area contributed by atoms with Crippen molar-refractivity contribution in [3.05, 3.63) is 68.7 Å². The Morgan fingerprint density at radius 3 is 2.74 bits per heavy atom. The van der Waals surface area contributed by atoms with Crippen LogP contribution < -0.4 is 5.32 Å². The van der Waals surface area contributed by atoms with Crippen molar-refractivity contribution >= 4 is 35.0 Å². The number of aldehydes is 1. The predicted molar refractivity (Wildman–Crippen MR) is 88.5 cm³/mol. The maximum Gasteiger partial charge on any atom is 0.270 e. The number of hydrogen-bond donors (Lipinski definition) is 1. The van der Waals surface area contributed by atoms with E-state index in [0.29, 0.717) is 27.5 Å². The first-order valence-electron chi connectivity index (χ1n) is 6.90. The van der Waals surface area contributed by atoms with Crippen molar-refractivity contribution in [3.8, 4) is 0 Å². The van der Waals surface area contributed by atoms with E-state index in [4.69, 9.17) is 11.6 Å². The Kier molecular flexibility index (Phi) is 4.08. The summed E-state index contributed by atoms with van der Waals surface area (Å²) in [5.41, 5.74) is 2.32. The van der Waals surface area contributed by atoms with E-state index in [2.05, 4.69) is 10.3 Å². The fourth-order valence-electron chi connectivity index (χ4n) is 2.45. The summed E-state index contributed by atoms with van der Waals surface area (Å²) in [7, 11) is 0. The molecular weight excluding hydrogens is 318 g/mol. The lowest BCUT2D eigenvalue weighted by molar-refractivity contribution is -0.384. The van der Waals surface area contributed by atoms with E-state index in [9.17, 15) is 14.9 Å². The number of aliphatic imine (C=N–C) groups is 1. The van der Waals surface area contributed by atoms with Crippen LogP contribution in [0.1, 0.15) is 11.1 Å². The molecule has 1 N–H and O–H groups in total. The Labute approximate surface area is 137 Å². The summed E-state index contributed by atoms with van der Waals surface area (Å²) in [5, 5.41) is 14.6. The standard InChI is InChI=1S/C16H12ClN3O3/c17-14-4-2-1-3-12(14)16-13-7-11(20(22)23)5-6-15(13)19-10(9-21)8-18-16/h1-7,9-10,19H,8H2. The molecule has 116 valence electrons. The van der Waals surface area contributed by atoms with Gasteiger partial charge in [-0.15, -0.1) is 0 Å². The molecule has 1 aliphatic heterocycles. The van der Waals surface area contributed by atoms with Gasteiger partial charge in [0, 0.05) is 34.0 Å². The van der Waals surface area contributed by atoms with E-state index >= 15 is 0 Å². The van der Waals surface area contributed by atoms with Crippen LogP contribution in [0, 0.1) is 10.1 Å². The smallest absolute Gasteiger partial charge is 0.270 e. The molecule has 0 spiro atoms. The zero-order valence-electron chi connectivity index (χ0n) is 11.9. The molecule has 1 heterocycles. The first kappa shape index (κ1) is 15.2. The number of hydrogen-bond acceptors (Lipinski definition) is 5. The summed E-state index contributed by atoms with van der Waals surface area (Å²) >= 11 is 6.25. The highest BCUT2D eigenvalue weighted by Crippen LogP contribution is 2.29. The highest BCUT2D eigenvalue weighted by Gasteiger charge is 2.23. The number of non-ortho nitro benzene ring substituents is 1. The summed E-state index contributed by atoms with van der Waals surface area (Å²) in [6, 6.07) is 11.1. The third-order valence-corrected chi connectivity index (χ3v) is 3.88. The lowest BCUT2D eigenvalue weighted by atomic mass is 10.00. The molecule has 0 amide bonds. The average molecular weight is 330 g/mol. The molecule has 0 radical (unpaired) electrons. The number of nitrogens with zero attached hydrogens (tertiary/aromatic N) is 2. The number of halogens is 1. The predicted octanol–water partition coefficient (Wildman–Crippen LogP) is 3.08. The minimum Gasteiger partial charge on any atom is -0.373 e. The molecule has 23 heavy (non-hydrogen) atoms. The lowest BCUT2D eigenvalue weighted by Gasteiger charge is -2.12. The van der Waals surface area contributed by atoms with E-state index in [-0.39, 0.29) is 12.2 Å². The SMILES string of the molecule is O=CC1CN=C(c2ccccc2Cl)c2cc([N+](=O)[O-])ccc2N1. The number of nitrogens with one attached hydrogen (secondary N) is 1. The number of rotatable bonds is 3. The molecule has 0 aliphatic carbocycles. The van der Waals surface area contributed by atoms with E-state index in [1.54, 1.807) is 24.3 Å². The molecule has 7 heteroatoms. The van der Waals surface area contributed by atoms with Gasteiger partial charge in [0.25, 0.3) is 5.69 Å². The van der Waals surface area contributed by atoms with Gasteiger partial charge in [-0.1, -0.05) is 29.8 Å². The van der Waals surface area contributed by atoms with Gasteiger partial charge in [0.1, 0.15) is 12.3 Å². The minimum atomic E-state index is -0.491. The van der Waals surface area contributed by atoms with Gasteiger partial charge in [0.2, 0.25) is 0 Å². The van der Waals surface area contributed by atoms with Gasteiger partial charge in [-0.3, -0.25) is 15.1 Å². The Morgan fingerprint density at radius 1 is 1.26 bits per heavy atom. The molecule has 6 nitrogen and oxygen atoms in total. The Bertz CT molecular complexity index is 820. The Hall–Kier alpha value is -2.73. The van der Waals surface area contributed by atoms with Crippen molar-refractivity contribution in [3.63, 3.8) is 0 Å². The van der Waals surface area contributed by atoms with Gasteiger partial charge < -0.3 is 10.1 Å². The quantitative estimate of drug-likeness (QED) is 0.532. The molecule has 3 rings (SSSR count). The van der Waals surface area contributed by atoms with Crippen molar-refractivity contribution in [1.82, 2.24) is 0 Å². The van der Waals surface area contributed by atoms with Gasteiger partial charge in [-0.25, -0.2) is 0 Å². The number of carbonyl (C=O) groups is 1. The third-order valence-electron chi connectivity index (χ3n) is 3.55. The van der Waals surface area contributed by atoms with Crippen molar-refractivity contribution in [2.75, 3.05) is 11.9 Å². The number of carbonyl (C=O) groups excluding carboxylic acids is 1. The molecule has 0 saturated carbocycles. The maximum absolute atomic E-state index is 11.1. The van der Waals surface area contributed by atoms with Crippen molar-refractivity contribution in [2.45, 2.75) is 6.04 Å². The van der Waals surface area contributed by atoms with Crippen molar-refractivity contribution in [2.24, 2.45) is 4.99 Å². The highest BCUT2D eigenvalue weighted by molar-refractivity contribution is 6.36. The number of fused-ring (bicyclic) bond motifs is 1. The van der Waals surface area contributed by atoms with E-state index in [1.807, 2.05) is 6.07 Å². The number of anilines is 1. The zero-order chi connectivity index (χ0) is 16.4. The van der Waals surface area contributed by atoms with Crippen LogP contribution in [-0.2, 0) is 4.79 Å². The topological polar surface area (TPSA) is 84.6 Å². The first-order chi connectivity index (χ1) is 11.1. The molecule has 1 atom stereocenters. The first-order valence-corrected chi connectivity index (χ1v) is 7.28. The molecule has 1 aliphatic rings. The maximum atomic E-state index is 11.1. The van der Waals surface area contributed by atoms with E-state index < -0.39 is 11.0 Å². The molecule has 2 aromatic rings. The van der Waals surface area contributed by atoms with Gasteiger partial charge in [-0.05, 0) is 12.1 Å². The van der Waals surface area contributed by atoms with Crippen LogP contribution in [0.3, 0.4) is 0 Å². The van der Waals surface area contributed by atoms with Gasteiger partial charge in [-0.2, -0.15) is 0 Å². The largest absolute Gasteiger partial charge is 0.373 e. The van der Waals surface area contributed by atoms with Crippen LogP contribution in [0.4, 0.5) is 11.4 Å². The number of benzene rings is 2. The monoisotopic (exact) mass is 329 g/mol. The zero-order valence-corrected chi connectivity index (χ0v) is 12.7. The fraction of sp³-hybridized carbons (Fsp3) is 0.125. The van der Waals surface area contributed by atoms with Gasteiger partial charge in [0.15, 0.2) is 0 Å². The number of nitro groups is 1. The van der Waals surface area contributed by atoms with Crippen molar-refractivity contribution in [1.29, 1.82) is 0 Å². The number of benzodiazepines with no additional fused rings is 1.